The summed E-state index contributed by atoms with van der Waals surface area (Å²) >= 11 is 0. The minimum Gasteiger partial charge on any atom is -0.492 e. The van der Waals surface area contributed by atoms with E-state index in [1.54, 1.807) is 31.2 Å². The van der Waals surface area contributed by atoms with E-state index < -0.39 is 29.8 Å². The number of carbonyl (C=O) groups excluding carboxylic acids is 1. The highest BCUT2D eigenvalue weighted by atomic mass is 19.2. The van der Waals surface area contributed by atoms with Crippen molar-refractivity contribution in [2.24, 2.45) is 0 Å². The summed E-state index contributed by atoms with van der Waals surface area (Å²) in [6, 6.07) is 19.9. The molecule has 1 unspecified atom stereocenters. The fourth-order valence-corrected chi connectivity index (χ4v) is 3.90. The normalized spacial score (nSPS) is 11.6. The molecule has 0 saturated heterocycles. The number of amides is 1. The zero-order valence-electron chi connectivity index (χ0n) is 21.9. The molecule has 0 aromatic heterocycles. The maximum Gasteiger partial charge on any atom is 0.415 e. The molecule has 0 saturated carbocycles. The summed E-state index contributed by atoms with van der Waals surface area (Å²) in [5, 5.41) is 9.26. The molecule has 0 aliphatic rings. The molecule has 3 aromatic rings. The number of carbonyl (C=O) groups is 2. The molecule has 7 nitrogen and oxygen atoms in total. The van der Waals surface area contributed by atoms with Gasteiger partial charge in [-0.1, -0.05) is 42.5 Å². The van der Waals surface area contributed by atoms with Crippen LogP contribution in [0.2, 0.25) is 0 Å². The molecule has 0 radical (unpaired) electrons. The van der Waals surface area contributed by atoms with Gasteiger partial charge in [-0.25, -0.2) is 18.4 Å². The smallest absolute Gasteiger partial charge is 0.415 e. The van der Waals surface area contributed by atoms with Gasteiger partial charge in [0.15, 0.2) is 17.7 Å². The van der Waals surface area contributed by atoms with E-state index >= 15 is 0 Å². The summed E-state index contributed by atoms with van der Waals surface area (Å²) in [6.45, 7) is 2.82. The van der Waals surface area contributed by atoms with Crippen LogP contribution >= 0.6 is 0 Å². The lowest BCUT2D eigenvalue weighted by Gasteiger charge is -2.22. The molecule has 0 bridgehead atoms. The van der Waals surface area contributed by atoms with Crippen molar-refractivity contribution in [2.75, 3.05) is 26.3 Å². The third-order valence-electron chi connectivity index (χ3n) is 5.96. The first-order valence-electron chi connectivity index (χ1n) is 12.9. The first kappa shape index (κ1) is 29.6. The number of benzene rings is 3. The fraction of sp³-hybridized carbons (Fsp3) is 0.333. The predicted molar refractivity (Wildman–Crippen MR) is 142 cm³/mol. The summed E-state index contributed by atoms with van der Waals surface area (Å²) in [5.41, 5.74) is 1.99. The van der Waals surface area contributed by atoms with Crippen LogP contribution in [-0.2, 0) is 22.4 Å². The molecule has 0 aliphatic carbocycles. The van der Waals surface area contributed by atoms with E-state index in [2.05, 4.69) is 0 Å². The van der Waals surface area contributed by atoms with Crippen LogP contribution < -0.4 is 9.47 Å². The summed E-state index contributed by atoms with van der Waals surface area (Å²) in [5.74, 6) is -2.67. The monoisotopic (exact) mass is 541 g/mol. The second-order valence-corrected chi connectivity index (χ2v) is 8.85. The summed E-state index contributed by atoms with van der Waals surface area (Å²) in [4.78, 5) is 25.6. The van der Waals surface area contributed by atoms with Crippen LogP contribution in [0.25, 0.3) is 0 Å². The number of carboxylic acid groups (broad SMARTS) is 1. The quantitative estimate of drug-likeness (QED) is 0.241. The number of halogens is 2. The number of hydrogen-bond donors (Lipinski definition) is 1. The third-order valence-corrected chi connectivity index (χ3v) is 5.96. The number of rotatable bonds is 15. The van der Waals surface area contributed by atoms with E-state index in [1.807, 2.05) is 30.3 Å². The Bertz CT molecular complexity index is 1190. The van der Waals surface area contributed by atoms with Gasteiger partial charge in [0.05, 0.1) is 6.54 Å². The van der Waals surface area contributed by atoms with Gasteiger partial charge in [-0.3, -0.25) is 0 Å². The van der Waals surface area contributed by atoms with E-state index in [1.165, 1.54) is 16.5 Å². The van der Waals surface area contributed by atoms with Crippen molar-refractivity contribution in [3.63, 3.8) is 0 Å². The Morgan fingerprint density at radius 1 is 0.872 bits per heavy atom. The zero-order valence-corrected chi connectivity index (χ0v) is 21.9. The minimum absolute atomic E-state index is 0.0867. The Morgan fingerprint density at radius 3 is 2.26 bits per heavy atom. The van der Waals surface area contributed by atoms with Gasteiger partial charge in [0.25, 0.3) is 0 Å². The van der Waals surface area contributed by atoms with Gasteiger partial charge in [-0.2, -0.15) is 0 Å². The molecule has 9 heteroatoms. The van der Waals surface area contributed by atoms with Gasteiger partial charge >= 0.3 is 12.1 Å². The molecule has 0 heterocycles. The molecular formula is C30H33F2NO6. The van der Waals surface area contributed by atoms with E-state index in [0.717, 1.165) is 30.5 Å². The number of aryl methyl sites for hydroxylation is 1. The highest BCUT2D eigenvalue weighted by Crippen LogP contribution is 2.18. The lowest BCUT2D eigenvalue weighted by atomic mass is 10.1. The van der Waals surface area contributed by atoms with E-state index in [-0.39, 0.29) is 25.3 Å². The first-order chi connectivity index (χ1) is 18.9. The largest absolute Gasteiger partial charge is 0.492 e. The molecule has 3 rings (SSSR count). The first-order valence-corrected chi connectivity index (χ1v) is 12.9. The molecule has 208 valence electrons. The van der Waals surface area contributed by atoms with Crippen LogP contribution in [0, 0.1) is 11.6 Å². The molecule has 39 heavy (non-hydrogen) atoms. The number of aliphatic carboxylic acids is 1. The van der Waals surface area contributed by atoms with Crippen LogP contribution in [0.4, 0.5) is 13.6 Å². The van der Waals surface area contributed by atoms with Crippen molar-refractivity contribution >= 4 is 12.1 Å². The Labute approximate surface area is 226 Å². The third kappa shape index (κ3) is 10.0. The molecular weight excluding hydrogens is 508 g/mol. The molecule has 0 spiro atoms. The van der Waals surface area contributed by atoms with Crippen LogP contribution in [0.3, 0.4) is 0 Å². The van der Waals surface area contributed by atoms with Gasteiger partial charge in [-0.05, 0) is 61.6 Å². The van der Waals surface area contributed by atoms with Crippen molar-refractivity contribution in [1.29, 1.82) is 0 Å². The Hall–Kier alpha value is -3.98. The van der Waals surface area contributed by atoms with E-state index in [4.69, 9.17) is 14.2 Å². The summed E-state index contributed by atoms with van der Waals surface area (Å²) < 4.78 is 43.2. The number of unbranched alkanes of at least 4 members (excludes halogenated alkanes) is 1. The van der Waals surface area contributed by atoms with Crippen molar-refractivity contribution in [1.82, 2.24) is 4.90 Å². The van der Waals surface area contributed by atoms with Gasteiger partial charge in [0, 0.05) is 25.6 Å². The molecule has 0 aliphatic heterocycles. The van der Waals surface area contributed by atoms with Gasteiger partial charge in [0.1, 0.15) is 18.1 Å². The van der Waals surface area contributed by atoms with Crippen LogP contribution in [0.15, 0.2) is 72.8 Å². The molecule has 0 fully saturated rings. The van der Waals surface area contributed by atoms with E-state index in [9.17, 15) is 23.5 Å². The van der Waals surface area contributed by atoms with Crippen LogP contribution in [0.1, 0.15) is 30.9 Å². The van der Waals surface area contributed by atoms with Gasteiger partial charge < -0.3 is 24.2 Å². The standard InChI is InChI=1S/C30H33F2NO6/c1-2-37-28(29(34)35)20-23-11-13-24(14-12-23)38-19-18-33(17-7-6-10-22-8-4-3-5-9-22)30(36)39-25-15-16-26(31)27(32)21-25/h3-5,8-9,11-16,21,28H,2,6-7,10,17-20H2,1H3,(H,34,35). The Morgan fingerprint density at radius 2 is 1.59 bits per heavy atom. The van der Waals surface area contributed by atoms with Gasteiger partial charge in [0.2, 0.25) is 0 Å². The topological polar surface area (TPSA) is 85.3 Å². The fourth-order valence-electron chi connectivity index (χ4n) is 3.90. The molecule has 3 aromatic carbocycles. The molecule has 1 amide bonds. The van der Waals surface area contributed by atoms with Crippen molar-refractivity contribution in [3.05, 3.63) is 95.6 Å². The number of ether oxygens (including phenoxy) is 3. The van der Waals surface area contributed by atoms with Crippen LogP contribution in [-0.4, -0.2) is 54.5 Å². The average molecular weight is 542 g/mol. The lowest BCUT2D eigenvalue weighted by molar-refractivity contribution is -0.149. The highest BCUT2D eigenvalue weighted by Gasteiger charge is 2.19. The SMILES string of the molecule is CCOC(Cc1ccc(OCCN(CCCCc2ccccc2)C(=O)Oc2ccc(F)c(F)c2)cc1)C(=O)O. The maximum absolute atomic E-state index is 13.6. The number of hydrogen-bond acceptors (Lipinski definition) is 5. The zero-order chi connectivity index (χ0) is 28.0. The van der Waals surface area contributed by atoms with Crippen molar-refractivity contribution in [2.45, 2.75) is 38.7 Å². The highest BCUT2D eigenvalue weighted by molar-refractivity contribution is 5.72. The van der Waals surface area contributed by atoms with Crippen molar-refractivity contribution < 1.29 is 37.7 Å². The summed E-state index contributed by atoms with van der Waals surface area (Å²) in [7, 11) is 0. The molecule has 1 N–H and O–H groups in total. The second kappa shape index (κ2) is 15.4. The number of nitrogens with zero attached hydrogens (tertiary/aromatic N) is 1. The van der Waals surface area contributed by atoms with Gasteiger partial charge in [-0.15, -0.1) is 0 Å². The second-order valence-electron chi connectivity index (χ2n) is 8.85. The van der Waals surface area contributed by atoms with E-state index in [0.29, 0.717) is 25.3 Å². The maximum atomic E-state index is 13.6. The lowest BCUT2D eigenvalue weighted by Crippen LogP contribution is -2.37. The summed E-state index contributed by atoms with van der Waals surface area (Å²) in [6.07, 6.45) is 1.05. The average Bonchev–Trinajstić information content (AvgIpc) is 2.93. The molecule has 1 atom stereocenters. The number of carboxylic acids is 1. The van der Waals surface area contributed by atoms with Crippen LogP contribution in [0.5, 0.6) is 11.5 Å². The Kier molecular flexibility index (Phi) is 11.7. The predicted octanol–water partition coefficient (Wildman–Crippen LogP) is 5.90. The Balaban J connectivity index is 1.55. The minimum atomic E-state index is -1.10. The van der Waals surface area contributed by atoms with Crippen molar-refractivity contribution in [3.8, 4) is 11.5 Å².